The van der Waals surface area contributed by atoms with Crippen LogP contribution in [0.2, 0.25) is 5.02 Å². The van der Waals surface area contributed by atoms with Gasteiger partial charge in [-0.3, -0.25) is 14.4 Å². The quantitative estimate of drug-likeness (QED) is 0.611. The number of imidazole rings is 1. The van der Waals surface area contributed by atoms with E-state index in [1.807, 2.05) is 18.2 Å². The monoisotopic (exact) mass is 511 g/mol. The molecule has 1 aromatic carbocycles. The van der Waals surface area contributed by atoms with E-state index in [1.54, 1.807) is 22.5 Å². The van der Waals surface area contributed by atoms with E-state index in [9.17, 15) is 14.4 Å². The number of benzene rings is 1. The highest BCUT2D eigenvalue weighted by molar-refractivity contribution is 6.31. The van der Waals surface area contributed by atoms with E-state index < -0.39 is 5.54 Å². The third-order valence-electron chi connectivity index (χ3n) is 7.72. The van der Waals surface area contributed by atoms with Crippen molar-refractivity contribution in [1.82, 2.24) is 25.1 Å². The molecule has 2 aliphatic carbocycles. The molecule has 1 aromatic heterocycles. The molecule has 192 valence electrons. The number of hydrogen-bond acceptors (Lipinski definition) is 4. The summed E-state index contributed by atoms with van der Waals surface area (Å²) in [4.78, 5) is 46.6. The smallest absolute Gasteiger partial charge is 0.274 e. The molecular weight excluding hydrogens is 478 g/mol. The van der Waals surface area contributed by atoms with Gasteiger partial charge in [-0.05, 0) is 44.2 Å². The minimum atomic E-state index is -1.10. The third-order valence-corrected chi connectivity index (χ3v) is 8.09. The van der Waals surface area contributed by atoms with Gasteiger partial charge in [-0.1, -0.05) is 61.9 Å². The number of aromatic nitrogens is 2. The summed E-state index contributed by atoms with van der Waals surface area (Å²) >= 11 is 6.26. The van der Waals surface area contributed by atoms with Crippen molar-refractivity contribution in [3.05, 3.63) is 52.6 Å². The zero-order valence-electron chi connectivity index (χ0n) is 20.8. The number of hydrogen-bond donors (Lipinski definition) is 2. The predicted molar refractivity (Wildman–Crippen MR) is 137 cm³/mol. The maximum Gasteiger partial charge on any atom is 0.274 e. The van der Waals surface area contributed by atoms with Gasteiger partial charge >= 0.3 is 0 Å². The first kappa shape index (κ1) is 24.8. The van der Waals surface area contributed by atoms with Crippen LogP contribution in [0.3, 0.4) is 0 Å². The molecule has 2 saturated carbocycles. The first-order valence-corrected chi connectivity index (χ1v) is 13.5. The normalized spacial score (nSPS) is 22.9. The molecule has 1 atom stereocenters. The Balaban J connectivity index is 1.36. The highest BCUT2D eigenvalue weighted by Crippen LogP contribution is 2.39. The zero-order valence-corrected chi connectivity index (χ0v) is 21.5. The van der Waals surface area contributed by atoms with Crippen molar-refractivity contribution >= 4 is 29.3 Å². The molecule has 0 saturated heterocycles. The molecule has 0 unspecified atom stereocenters. The summed E-state index contributed by atoms with van der Waals surface area (Å²) in [6, 6.07) is 7.45. The molecule has 8 nitrogen and oxygen atoms in total. The van der Waals surface area contributed by atoms with Crippen molar-refractivity contribution in [3.8, 4) is 0 Å². The zero-order chi connectivity index (χ0) is 25.3. The molecule has 2 fully saturated rings. The van der Waals surface area contributed by atoms with Gasteiger partial charge in [0.15, 0.2) is 5.69 Å². The fourth-order valence-corrected chi connectivity index (χ4v) is 5.79. The van der Waals surface area contributed by atoms with Crippen molar-refractivity contribution in [1.29, 1.82) is 0 Å². The summed E-state index contributed by atoms with van der Waals surface area (Å²) in [5.74, 6) is -0.854. The summed E-state index contributed by atoms with van der Waals surface area (Å²) in [6.07, 6.45) is 10.9. The molecular formula is C27H34ClN5O3. The van der Waals surface area contributed by atoms with Crippen molar-refractivity contribution in [2.75, 3.05) is 0 Å². The first-order chi connectivity index (χ1) is 17.4. The largest absolute Gasteiger partial charge is 0.350 e. The Morgan fingerprint density at radius 1 is 1.08 bits per heavy atom. The fraction of sp³-hybridized carbons (Fsp3) is 0.556. The number of fused-ring (bicyclic) bond motifs is 1. The van der Waals surface area contributed by atoms with Gasteiger partial charge in [0.1, 0.15) is 11.2 Å². The Morgan fingerprint density at radius 2 is 1.78 bits per heavy atom. The average Bonchev–Trinajstić information content (AvgIpc) is 3.57. The van der Waals surface area contributed by atoms with Gasteiger partial charge < -0.3 is 20.1 Å². The first-order valence-electron chi connectivity index (χ1n) is 13.1. The topological polar surface area (TPSA) is 96.3 Å². The van der Waals surface area contributed by atoms with Gasteiger partial charge in [0.2, 0.25) is 5.91 Å². The van der Waals surface area contributed by atoms with Crippen LogP contribution < -0.4 is 10.6 Å². The number of halogens is 1. The van der Waals surface area contributed by atoms with Crippen LogP contribution in [0.15, 0.2) is 30.6 Å². The molecule has 3 amide bonds. The lowest BCUT2D eigenvalue weighted by molar-refractivity contribution is -0.133. The maximum absolute atomic E-state index is 13.8. The van der Waals surface area contributed by atoms with E-state index in [1.165, 1.54) is 25.6 Å². The molecule has 36 heavy (non-hydrogen) atoms. The molecule has 0 radical (unpaired) electrons. The Labute approximate surface area is 216 Å². The Hall–Kier alpha value is -2.87. The van der Waals surface area contributed by atoms with Crippen LogP contribution in [-0.2, 0) is 17.9 Å². The molecule has 0 spiro atoms. The van der Waals surface area contributed by atoms with E-state index in [-0.39, 0.29) is 54.3 Å². The minimum Gasteiger partial charge on any atom is -0.350 e. The average molecular weight is 512 g/mol. The van der Waals surface area contributed by atoms with E-state index >= 15 is 0 Å². The fourth-order valence-electron chi connectivity index (χ4n) is 5.58. The number of nitrogens with zero attached hydrogens (tertiary/aromatic N) is 3. The van der Waals surface area contributed by atoms with Gasteiger partial charge in [-0.25, -0.2) is 4.98 Å². The van der Waals surface area contributed by atoms with Crippen LogP contribution in [-0.4, -0.2) is 49.8 Å². The summed E-state index contributed by atoms with van der Waals surface area (Å²) in [7, 11) is 0. The molecule has 3 aliphatic rings. The van der Waals surface area contributed by atoms with Crippen LogP contribution in [0, 0.1) is 0 Å². The SMILES string of the molecule is C[C@]1(C(=O)NCc2ccccc2Cl)Cn2cnc(C(=O)NC3CCCCCCC3)c2C(=O)N1C1CC1. The molecule has 1 aliphatic heterocycles. The standard InChI is InChI=1S/C27H34ClN5O3/c1-27(26(36)29-15-18-9-7-8-12-21(18)28)16-32-17-30-22(23(32)25(35)33(27)20-13-14-20)24(34)31-19-10-5-3-2-4-6-11-19/h7-9,12,17,19-20H,2-6,10-11,13-16H2,1H3,(H,29,36)(H,31,34)/t27-/m1/s1. The lowest BCUT2D eigenvalue weighted by Gasteiger charge is -2.44. The third kappa shape index (κ3) is 4.88. The van der Waals surface area contributed by atoms with E-state index in [2.05, 4.69) is 15.6 Å². The highest BCUT2D eigenvalue weighted by atomic mass is 35.5. The van der Waals surface area contributed by atoms with E-state index in [4.69, 9.17) is 11.6 Å². The Bertz CT molecular complexity index is 1150. The summed E-state index contributed by atoms with van der Waals surface area (Å²) in [5.41, 5.74) is 0.154. The maximum atomic E-state index is 13.8. The summed E-state index contributed by atoms with van der Waals surface area (Å²) in [5, 5.41) is 6.69. The van der Waals surface area contributed by atoms with Crippen LogP contribution in [0.5, 0.6) is 0 Å². The van der Waals surface area contributed by atoms with Crippen molar-refractivity contribution in [2.45, 2.75) is 95.4 Å². The number of carbonyl (C=O) groups is 3. The molecule has 2 aromatic rings. The summed E-state index contributed by atoms with van der Waals surface area (Å²) in [6.45, 7) is 2.30. The lowest BCUT2D eigenvalue weighted by atomic mass is 9.93. The molecule has 0 bridgehead atoms. The van der Waals surface area contributed by atoms with Crippen LogP contribution in [0.25, 0.3) is 0 Å². The minimum absolute atomic E-state index is 0.0151. The van der Waals surface area contributed by atoms with Crippen molar-refractivity contribution in [2.24, 2.45) is 0 Å². The second-order valence-electron chi connectivity index (χ2n) is 10.5. The molecule has 9 heteroatoms. The van der Waals surface area contributed by atoms with Crippen LogP contribution >= 0.6 is 11.6 Å². The van der Waals surface area contributed by atoms with Crippen molar-refractivity contribution < 1.29 is 14.4 Å². The Kier molecular flexibility index (Phi) is 7.06. The van der Waals surface area contributed by atoms with Gasteiger partial charge in [0.25, 0.3) is 11.8 Å². The molecule has 2 N–H and O–H groups in total. The van der Waals surface area contributed by atoms with E-state index in [0.717, 1.165) is 44.1 Å². The second-order valence-corrected chi connectivity index (χ2v) is 10.9. The summed E-state index contributed by atoms with van der Waals surface area (Å²) < 4.78 is 1.67. The number of nitrogens with one attached hydrogen (secondary N) is 2. The lowest BCUT2D eigenvalue weighted by Crippen LogP contribution is -2.64. The van der Waals surface area contributed by atoms with Crippen LogP contribution in [0.1, 0.15) is 91.3 Å². The number of rotatable bonds is 6. The van der Waals surface area contributed by atoms with E-state index in [0.29, 0.717) is 5.02 Å². The van der Waals surface area contributed by atoms with Gasteiger partial charge in [0.05, 0.1) is 12.9 Å². The number of amides is 3. The van der Waals surface area contributed by atoms with Gasteiger partial charge in [-0.2, -0.15) is 0 Å². The second kappa shape index (κ2) is 10.2. The predicted octanol–water partition coefficient (Wildman–Crippen LogP) is 4.07. The Morgan fingerprint density at radius 3 is 2.47 bits per heavy atom. The van der Waals surface area contributed by atoms with Gasteiger partial charge in [0, 0.05) is 23.7 Å². The molecule has 2 heterocycles. The van der Waals surface area contributed by atoms with Crippen LogP contribution in [0.4, 0.5) is 0 Å². The highest BCUT2D eigenvalue weighted by Gasteiger charge is 2.53. The van der Waals surface area contributed by atoms with Crippen molar-refractivity contribution in [3.63, 3.8) is 0 Å². The van der Waals surface area contributed by atoms with Gasteiger partial charge in [-0.15, -0.1) is 0 Å². The number of carbonyl (C=O) groups excluding carboxylic acids is 3. The molecule has 5 rings (SSSR count).